The number of hydrogen-bond donors (Lipinski definition) is 1. The molecule has 2 rings (SSSR count). The molecule has 1 aromatic rings. The zero-order chi connectivity index (χ0) is 13.7. The number of anilines is 1. The van der Waals surface area contributed by atoms with Crippen LogP contribution in [0.15, 0.2) is 12.4 Å². The second-order valence-corrected chi connectivity index (χ2v) is 4.71. The van der Waals surface area contributed by atoms with E-state index in [2.05, 4.69) is 15.3 Å². The van der Waals surface area contributed by atoms with Gasteiger partial charge in [-0.2, -0.15) is 0 Å². The van der Waals surface area contributed by atoms with Gasteiger partial charge >= 0.3 is 0 Å². The fourth-order valence-electron chi connectivity index (χ4n) is 2.10. The molecule has 1 fully saturated rings. The Kier molecular flexibility index (Phi) is 4.68. The Morgan fingerprint density at radius 1 is 1.47 bits per heavy atom. The average Bonchev–Trinajstić information content (AvgIpc) is 2.47. The lowest BCUT2D eigenvalue weighted by Crippen LogP contribution is -2.37. The fraction of sp³-hybridized carbons (Fsp3) is 0.615. The Labute approximate surface area is 113 Å². The minimum absolute atomic E-state index is 0.121. The standard InChI is InChI=1S/C13H20N4O2/c1-14-12-8-15-11(7-16-12)13(18)17(2)9-10-5-3-4-6-19-10/h7-8,10H,3-6,9H2,1-2H3,(H,14,16). The molecule has 1 atom stereocenters. The lowest BCUT2D eigenvalue weighted by atomic mass is 10.1. The largest absolute Gasteiger partial charge is 0.376 e. The van der Waals surface area contributed by atoms with E-state index in [0.29, 0.717) is 18.1 Å². The zero-order valence-corrected chi connectivity index (χ0v) is 11.4. The third-order valence-corrected chi connectivity index (χ3v) is 3.23. The molecule has 0 spiro atoms. The number of aromatic nitrogens is 2. The highest BCUT2D eigenvalue weighted by molar-refractivity contribution is 5.91. The molecule has 6 nitrogen and oxygen atoms in total. The predicted molar refractivity (Wildman–Crippen MR) is 72.1 cm³/mol. The maximum atomic E-state index is 12.2. The summed E-state index contributed by atoms with van der Waals surface area (Å²) in [5.74, 6) is 0.527. The van der Waals surface area contributed by atoms with E-state index in [-0.39, 0.29) is 12.0 Å². The zero-order valence-electron chi connectivity index (χ0n) is 11.4. The van der Waals surface area contributed by atoms with Crippen molar-refractivity contribution in [2.45, 2.75) is 25.4 Å². The number of amides is 1. The van der Waals surface area contributed by atoms with Gasteiger partial charge < -0.3 is 15.0 Å². The van der Waals surface area contributed by atoms with Crippen LogP contribution >= 0.6 is 0 Å². The average molecular weight is 264 g/mol. The van der Waals surface area contributed by atoms with Crippen LogP contribution in [0, 0.1) is 0 Å². The number of rotatable bonds is 4. The second-order valence-electron chi connectivity index (χ2n) is 4.71. The first-order chi connectivity index (χ1) is 9.20. The fourth-order valence-corrected chi connectivity index (χ4v) is 2.10. The number of ether oxygens (including phenoxy) is 1. The molecule has 0 aliphatic carbocycles. The maximum absolute atomic E-state index is 12.2. The number of nitrogens with one attached hydrogen (secondary N) is 1. The van der Waals surface area contributed by atoms with Crippen molar-refractivity contribution in [2.75, 3.05) is 32.6 Å². The van der Waals surface area contributed by atoms with E-state index in [0.717, 1.165) is 19.4 Å². The van der Waals surface area contributed by atoms with Crippen LogP contribution in [0.5, 0.6) is 0 Å². The predicted octanol–water partition coefficient (Wildman–Crippen LogP) is 1.16. The van der Waals surface area contributed by atoms with Crippen LogP contribution in [0.4, 0.5) is 5.82 Å². The van der Waals surface area contributed by atoms with Crippen LogP contribution in [0.1, 0.15) is 29.8 Å². The van der Waals surface area contributed by atoms with Crippen LogP contribution in [-0.4, -0.2) is 54.1 Å². The van der Waals surface area contributed by atoms with Crippen molar-refractivity contribution in [3.63, 3.8) is 0 Å². The monoisotopic (exact) mass is 264 g/mol. The summed E-state index contributed by atoms with van der Waals surface area (Å²) in [7, 11) is 3.53. The molecule has 6 heteroatoms. The highest BCUT2D eigenvalue weighted by Crippen LogP contribution is 2.14. The van der Waals surface area contributed by atoms with Gasteiger partial charge in [-0.15, -0.1) is 0 Å². The van der Waals surface area contributed by atoms with Crippen molar-refractivity contribution in [1.82, 2.24) is 14.9 Å². The lowest BCUT2D eigenvalue weighted by molar-refractivity contribution is -0.000298. The summed E-state index contributed by atoms with van der Waals surface area (Å²) < 4.78 is 5.63. The van der Waals surface area contributed by atoms with Gasteiger partial charge in [0.1, 0.15) is 11.5 Å². The normalized spacial score (nSPS) is 18.9. The smallest absolute Gasteiger partial charge is 0.273 e. The molecule has 104 valence electrons. The molecule has 1 aromatic heterocycles. The van der Waals surface area contributed by atoms with Gasteiger partial charge in [0.2, 0.25) is 0 Å². The number of nitrogens with zero attached hydrogens (tertiary/aromatic N) is 3. The van der Waals surface area contributed by atoms with Gasteiger partial charge in [-0.25, -0.2) is 9.97 Å². The van der Waals surface area contributed by atoms with Crippen LogP contribution < -0.4 is 5.32 Å². The summed E-state index contributed by atoms with van der Waals surface area (Å²) in [4.78, 5) is 22.0. The van der Waals surface area contributed by atoms with Crippen molar-refractivity contribution in [2.24, 2.45) is 0 Å². The Balaban J connectivity index is 1.93. The number of carbonyl (C=O) groups excluding carboxylic acids is 1. The summed E-state index contributed by atoms with van der Waals surface area (Å²) in [5, 5.41) is 2.87. The van der Waals surface area contributed by atoms with Crippen molar-refractivity contribution in [3.05, 3.63) is 18.1 Å². The van der Waals surface area contributed by atoms with Gasteiger partial charge in [0.05, 0.1) is 18.5 Å². The van der Waals surface area contributed by atoms with Gasteiger partial charge in [0, 0.05) is 27.2 Å². The quantitative estimate of drug-likeness (QED) is 0.884. The molecule has 1 N–H and O–H groups in total. The highest BCUT2D eigenvalue weighted by Gasteiger charge is 2.20. The van der Waals surface area contributed by atoms with Crippen molar-refractivity contribution in [1.29, 1.82) is 0 Å². The van der Waals surface area contributed by atoms with Crippen molar-refractivity contribution >= 4 is 11.7 Å². The van der Waals surface area contributed by atoms with E-state index in [1.54, 1.807) is 25.2 Å². The minimum atomic E-state index is -0.121. The number of carbonyl (C=O) groups is 1. The van der Waals surface area contributed by atoms with Gasteiger partial charge in [-0.1, -0.05) is 0 Å². The first-order valence-corrected chi connectivity index (χ1v) is 6.57. The Hall–Kier alpha value is -1.69. The van der Waals surface area contributed by atoms with Crippen molar-refractivity contribution < 1.29 is 9.53 Å². The number of hydrogen-bond acceptors (Lipinski definition) is 5. The molecule has 1 aliphatic heterocycles. The highest BCUT2D eigenvalue weighted by atomic mass is 16.5. The Morgan fingerprint density at radius 3 is 2.89 bits per heavy atom. The number of likely N-dealkylation sites (N-methyl/N-ethyl adjacent to an activating group) is 1. The van der Waals surface area contributed by atoms with E-state index in [4.69, 9.17) is 4.74 Å². The molecule has 0 aromatic carbocycles. The topological polar surface area (TPSA) is 67.4 Å². The van der Waals surface area contributed by atoms with Gasteiger partial charge in [-0.05, 0) is 19.3 Å². The summed E-state index contributed by atoms with van der Waals surface area (Å²) in [6.45, 7) is 1.40. The summed E-state index contributed by atoms with van der Waals surface area (Å²) >= 11 is 0. The summed E-state index contributed by atoms with van der Waals surface area (Å²) in [5.41, 5.74) is 0.359. The van der Waals surface area contributed by atoms with Gasteiger partial charge in [-0.3, -0.25) is 4.79 Å². The molecule has 0 saturated carbocycles. The molecule has 2 heterocycles. The van der Waals surface area contributed by atoms with Crippen LogP contribution in [0.25, 0.3) is 0 Å². The van der Waals surface area contributed by atoms with Crippen LogP contribution in [-0.2, 0) is 4.74 Å². The summed E-state index contributed by atoms with van der Waals surface area (Å²) in [6.07, 6.45) is 6.49. The lowest BCUT2D eigenvalue weighted by Gasteiger charge is -2.27. The van der Waals surface area contributed by atoms with E-state index in [1.807, 2.05) is 0 Å². The van der Waals surface area contributed by atoms with E-state index in [9.17, 15) is 4.79 Å². The van der Waals surface area contributed by atoms with Crippen LogP contribution in [0.2, 0.25) is 0 Å². The molecule has 1 amide bonds. The SMILES string of the molecule is CNc1cnc(C(=O)N(C)CC2CCCCO2)cn1. The molecule has 0 bridgehead atoms. The van der Waals surface area contributed by atoms with Gasteiger partial charge in [0.15, 0.2) is 0 Å². The molecule has 0 radical (unpaired) electrons. The molecule has 19 heavy (non-hydrogen) atoms. The first-order valence-electron chi connectivity index (χ1n) is 6.57. The van der Waals surface area contributed by atoms with Crippen molar-refractivity contribution in [3.8, 4) is 0 Å². The summed E-state index contributed by atoms with van der Waals surface area (Å²) in [6, 6.07) is 0. The van der Waals surface area contributed by atoms with Gasteiger partial charge in [0.25, 0.3) is 5.91 Å². The van der Waals surface area contributed by atoms with E-state index < -0.39 is 0 Å². The Bertz CT molecular complexity index is 415. The molecule has 1 aliphatic rings. The maximum Gasteiger partial charge on any atom is 0.273 e. The molecular formula is C13H20N4O2. The third kappa shape index (κ3) is 3.64. The molecule has 1 saturated heterocycles. The van der Waals surface area contributed by atoms with E-state index >= 15 is 0 Å². The third-order valence-electron chi connectivity index (χ3n) is 3.23. The molecular weight excluding hydrogens is 244 g/mol. The Morgan fingerprint density at radius 2 is 2.32 bits per heavy atom. The molecule has 1 unspecified atom stereocenters. The van der Waals surface area contributed by atoms with Crippen LogP contribution in [0.3, 0.4) is 0 Å². The van der Waals surface area contributed by atoms with E-state index in [1.165, 1.54) is 12.6 Å². The first kappa shape index (κ1) is 13.7. The second kappa shape index (κ2) is 6.47. The minimum Gasteiger partial charge on any atom is -0.376 e.